The maximum atomic E-state index is 13.0. The van der Waals surface area contributed by atoms with E-state index in [0.29, 0.717) is 15.6 Å². The molecule has 11 nitrogen and oxygen atoms in total. The van der Waals surface area contributed by atoms with Crippen molar-refractivity contribution in [2.24, 2.45) is 20.2 Å². The molecule has 0 bridgehead atoms. The Bertz CT molecular complexity index is 1130. The molecule has 2 aromatic carbocycles. The van der Waals surface area contributed by atoms with Gasteiger partial charge in [0.05, 0.1) is 22.7 Å². The predicted octanol–water partition coefficient (Wildman–Crippen LogP) is 3.17. The molecule has 0 saturated heterocycles. The number of rotatable bonds is 6. The minimum Gasteiger partial charge on any atom is -0.243 e. The molecule has 0 aliphatic rings. The summed E-state index contributed by atoms with van der Waals surface area (Å²) < 4.78 is 0. The molecule has 2 aromatic rings. The van der Waals surface area contributed by atoms with Gasteiger partial charge in [0.15, 0.2) is 0 Å². The summed E-state index contributed by atoms with van der Waals surface area (Å²) in [5.74, 6) is 0. The Morgan fingerprint density at radius 2 is 1.20 bits per heavy atom. The van der Waals surface area contributed by atoms with Crippen molar-refractivity contribution in [3.8, 4) is 0 Å². The van der Waals surface area contributed by atoms with Gasteiger partial charge in [-0.3, -0.25) is 0 Å². The Morgan fingerprint density at radius 1 is 0.733 bits per heavy atom. The van der Waals surface area contributed by atoms with E-state index in [-0.39, 0.29) is 22.7 Å². The number of hydrogen-bond acceptors (Lipinski definition) is 9. The Kier molecular flexibility index (Phi) is 7.15. The summed E-state index contributed by atoms with van der Waals surface area (Å²) in [6.45, 7) is 3.33. The van der Waals surface area contributed by atoms with E-state index in [2.05, 4.69) is 20.2 Å². The van der Waals surface area contributed by atoms with E-state index >= 15 is 0 Å². The number of aryl methyl sites for hydroxylation is 1. The van der Waals surface area contributed by atoms with Gasteiger partial charge in [-0.05, 0) is 38.1 Å². The van der Waals surface area contributed by atoms with Crippen LogP contribution < -0.4 is 10.0 Å². The van der Waals surface area contributed by atoms with Gasteiger partial charge < -0.3 is 0 Å². The number of carbonyl (C=O) groups excluding carboxylic acids is 5. The van der Waals surface area contributed by atoms with Crippen LogP contribution in [0, 0.1) is 13.8 Å². The molecule has 0 heterocycles. The smallest absolute Gasteiger partial charge is 0.243 e. The molecule has 30 heavy (non-hydrogen) atoms. The molecular weight excluding hydrogens is 392 g/mol. The number of amides is 2. The number of nitrogens with zero attached hydrogens (tertiary/aromatic N) is 6. The van der Waals surface area contributed by atoms with Crippen molar-refractivity contribution >= 4 is 53.1 Å². The topological polar surface area (TPSA) is 141 Å². The Morgan fingerprint density at radius 3 is 1.63 bits per heavy atom. The lowest BCUT2D eigenvalue weighted by molar-refractivity contribution is 0.251. The lowest BCUT2D eigenvalue weighted by Crippen LogP contribution is -2.37. The molecule has 0 N–H and O–H groups in total. The molecular formula is C19H12N6O5. The molecule has 0 aromatic heterocycles. The van der Waals surface area contributed by atoms with Crippen LogP contribution in [0.25, 0.3) is 0 Å². The number of aliphatic imine (C=N–C) groups is 2. The van der Waals surface area contributed by atoms with Crippen LogP contribution >= 0.6 is 0 Å². The van der Waals surface area contributed by atoms with Gasteiger partial charge in [0.2, 0.25) is 12.2 Å². The number of anilines is 2. The lowest BCUT2D eigenvalue weighted by Gasteiger charge is -2.22. The first-order valence-electron chi connectivity index (χ1n) is 8.13. The second-order valence-corrected chi connectivity index (χ2v) is 5.64. The van der Waals surface area contributed by atoms with Crippen LogP contribution in [0.3, 0.4) is 0 Å². The van der Waals surface area contributed by atoms with Crippen LogP contribution in [-0.4, -0.2) is 30.4 Å². The molecule has 0 aliphatic carbocycles. The molecule has 0 radical (unpaired) electrons. The number of urea groups is 1. The molecule has 0 spiro atoms. The highest BCUT2D eigenvalue weighted by molar-refractivity contribution is 6.04. The van der Waals surface area contributed by atoms with Gasteiger partial charge in [-0.25, -0.2) is 24.0 Å². The van der Waals surface area contributed by atoms with Gasteiger partial charge in [0, 0.05) is 5.56 Å². The SMILES string of the molecule is Cc1ccc(N(N=C=O)C(=O)N(N=C=O)c2cc(N=C=O)c(C)c(N=C=O)c2)cc1. The Balaban J connectivity index is 2.67. The van der Waals surface area contributed by atoms with Crippen LogP contribution in [0.5, 0.6) is 0 Å². The summed E-state index contributed by atoms with van der Waals surface area (Å²) in [6.07, 6.45) is 5.15. The summed E-state index contributed by atoms with van der Waals surface area (Å²) in [5.41, 5.74) is 1.29. The zero-order chi connectivity index (χ0) is 22.1. The van der Waals surface area contributed by atoms with E-state index in [0.717, 1.165) is 5.56 Å². The monoisotopic (exact) mass is 404 g/mol. The first-order valence-corrected chi connectivity index (χ1v) is 8.13. The summed E-state index contributed by atoms with van der Waals surface area (Å²) >= 11 is 0. The average Bonchev–Trinajstić information content (AvgIpc) is 2.74. The van der Waals surface area contributed by atoms with Crippen LogP contribution in [0.15, 0.2) is 56.6 Å². The van der Waals surface area contributed by atoms with E-state index in [1.54, 1.807) is 12.1 Å². The van der Waals surface area contributed by atoms with Crippen LogP contribution in [-0.2, 0) is 19.2 Å². The first kappa shape index (κ1) is 21.5. The fraction of sp³-hybridized carbons (Fsp3) is 0.105. The first-order chi connectivity index (χ1) is 14.5. The summed E-state index contributed by atoms with van der Waals surface area (Å²) in [4.78, 5) is 63.3. The zero-order valence-electron chi connectivity index (χ0n) is 15.7. The van der Waals surface area contributed by atoms with Gasteiger partial charge in [0.25, 0.3) is 12.2 Å². The van der Waals surface area contributed by atoms with Gasteiger partial charge in [-0.2, -0.15) is 20.0 Å². The summed E-state index contributed by atoms with van der Waals surface area (Å²) in [7, 11) is 0. The summed E-state index contributed by atoms with van der Waals surface area (Å²) in [5, 5.41) is 7.90. The molecule has 0 unspecified atom stereocenters. The van der Waals surface area contributed by atoms with E-state index in [1.165, 1.54) is 55.5 Å². The Hall–Kier alpha value is -4.77. The number of isocyanates is 4. The number of hydrogen-bond donors (Lipinski definition) is 0. The summed E-state index contributed by atoms with van der Waals surface area (Å²) in [6, 6.07) is 7.75. The number of carbonyl (C=O) groups is 1. The molecule has 0 fully saturated rings. The zero-order valence-corrected chi connectivity index (χ0v) is 15.7. The lowest BCUT2D eigenvalue weighted by atomic mass is 10.1. The predicted molar refractivity (Wildman–Crippen MR) is 105 cm³/mol. The molecule has 0 aliphatic heterocycles. The highest BCUT2D eigenvalue weighted by Crippen LogP contribution is 2.35. The van der Waals surface area contributed by atoms with Crippen molar-refractivity contribution in [1.82, 2.24) is 0 Å². The van der Waals surface area contributed by atoms with E-state index < -0.39 is 6.03 Å². The minimum absolute atomic E-state index is 0.0103. The maximum absolute atomic E-state index is 13.0. The van der Waals surface area contributed by atoms with Gasteiger partial charge in [-0.15, -0.1) is 0 Å². The van der Waals surface area contributed by atoms with E-state index in [9.17, 15) is 24.0 Å². The largest absolute Gasteiger partial charge is 0.371 e. The molecule has 11 heteroatoms. The molecule has 2 rings (SSSR count). The third-order valence-electron chi connectivity index (χ3n) is 3.84. The van der Waals surface area contributed by atoms with E-state index in [4.69, 9.17) is 0 Å². The number of hydrazone groups is 2. The number of benzene rings is 2. The van der Waals surface area contributed by atoms with Crippen molar-refractivity contribution in [2.45, 2.75) is 13.8 Å². The third-order valence-corrected chi connectivity index (χ3v) is 3.84. The Labute approximate surface area is 169 Å². The second kappa shape index (κ2) is 9.96. The molecule has 0 saturated carbocycles. The van der Waals surface area contributed by atoms with Crippen molar-refractivity contribution in [3.05, 3.63) is 47.5 Å². The van der Waals surface area contributed by atoms with Gasteiger partial charge >= 0.3 is 6.03 Å². The average molecular weight is 404 g/mol. The van der Waals surface area contributed by atoms with Crippen LogP contribution in [0.2, 0.25) is 0 Å². The molecule has 0 atom stereocenters. The molecule has 148 valence electrons. The molecule has 2 amide bonds. The van der Waals surface area contributed by atoms with Crippen LogP contribution in [0.4, 0.5) is 27.5 Å². The van der Waals surface area contributed by atoms with Crippen molar-refractivity contribution in [1.29, 1.82) is 0 Å². The van der Waals surface area contributed by atoms with Gasteiger partial charge in [-0.1, -0.05) is 27.9 Å². The van der Waals surface area contributed by atoms with E-state index in [1.807, 2.05) is 6.92 Å². The third kappa shape index (κ3) is 4.74. The fourth-order valence-electron chi connectivity index (χ4n) is 2.40. The van der Waals surface area contributed by atoms with Crippen molar-refractivity contribution in [3.63, 3.8) is 0 Å². The fourth-order valence-corrected chi connectivity index (χ4v) is 2.40. The maximum Gasteiger partial charge on any atom is 0.371 e. The van der Waals surface area contributed by atoms with Crippen molar-refractivity contribution < 1.29 is 24.0 Å². The quantitative estimate of drug-likeness (QED) is 0.413. The normalized spacial score (nSPS) is 9.13. The van der Waals surface area contributed by atoms with Crippen LogP contribution in [0.1, 0.15) is 11.1 Å². The minimum atomic E-state index is -1.06. The highest BCUT2D eigenvalue weighted by atomic mass is 16.2. The second-order valence-electron chi connectivity index (χ2n) is 5.64. The van der Waals surface area contributed by atoms with Gasteiger partial charge in [0.1, 0.15) is 0 Å². The van der Waals surface area contributed by atoms with Crippen molar-refractivity contribution in [2.75, 3.05) is 10.0 Å². The standard InChI is InChI=1S/C19H12N6O5/c1-13-3-5-15(6-4-13)24(22-11-28)19(30)25(23-12-29)16-7-17(20-9-26)14(2)18(8-16)21-10-27/h3-8H,1-2H3. The highest BCUT2D eigenvalue weighted by Gasteiger charge is 2.26.